The van der Waals surface area contributed by atoms with E-state index in [9.17, 15) is 4.79 Å². The maximum atomic E-state index is 10.8. The molecule has 1 heterocycles. The van der Waals surface area contributed by atoms with Crippen molar-refractivity contribution >= 4 is 5.97 Å². The predicted octanol–water partition coefficient (Wildman–Crippen LogP) is 0.304. The molecule has 5 nitrogen and oxygen atoms in total. The number of nitrogens with two attached hydrogens (primary N) is 1. The summed E-state index contributed by atoms with van der Waals surface area (Å²) in [5.41, 5.74) is 10.1. The van der Waals surface area contributed by atoms with Gasteiger partial charge in [-0.3, -0.25) is 5.01 Å². The minimum Gasteiger partial charge on any atom is -0.478 e. The van der Waals surface area contributed by atoms with Crippen LogP contribution >= 0.6 is 0 Å². The monoisotopic (exact) mass is 233 g/mol. The van der Waals surface area contributed by atoms with E-state index in [0.717, 1.165) is 6.42 Å². The first-order valence-electron chi connectivity index (χ1n) is 5.45. The van der Waals surface area contributed by atoms with Crippen molar-refractivity contribution in [2.24, 2.45) is 5.73 Å². The summed E-state index contributed by atoms with van der Waals surface area (Å²) >= 11 is 0. The Labute approximate surface area is 99.5 Å². The molecule has 0 atom stereocenters. The van der Waals surface area contributed by atoms with Gasteiger partial charge in [0, 0.05) is 6.54 Å². The van der Waals surface area contributed by atoms with Crippen molar-refractivity contribution in [2.75, 3.05) is 13.1 Å². The lowest BCUT2D eigenvalue weighted by Gasteiger charge is -2.19. The highest BCUT2D eigenvalue weighted by Gasteiger charge is 2.23. The number of carboxylic acids is 1. The van der Waals surface area contributed by atoms with E-state index in [4.69, 9.17) is 10.8 Å². The van der Waals surface area contributed by atoms with Crippen LogP contribution in [0.25, 0.3) is 0 Å². The summed E-state index contributed by atoms with van der Waals surface area (Å²) in [5.74, 6) is -0.648. The first-order chi connectivity index (χ1) is 8.18. The molecule has 1 aromatic carbocycles. The number of hydrogen-bond acceptors (Lipinski definition) is 4. The topological polar surface area (TPSA) is 78.6 Å². The van der Waals surface area contributed by atoms with E-state index in [1.807, 2.05) is 30.3 Å². The maximum absolute atomic E-state index is 10.8. The van der Waals surface area contributed by atoms with Gasteiger partial charge >= 0.3 is 5.97 Å². The van der Waals surface area contributed by atoms with Gasteiger partial charge in [0.2, 0.25) is 0 Å². The third-order valence-electron chi connectivity index (χ3n) is 2.77. The lowest BCUT2D eigenvalue weighted by atomic mass is 10.1. The number of rotatable bonds is 4. The molecule has 0 amide bonds. The Kier molecular flexibility index (Phi) is 3.30. The zero-order chi connectivity index (χ0) is 12.3. The third kappa shape index (κ3) is 2.57. The third-order valence-corrected chi connectivity index (χ3v) is 2.77. The molecule has 5 heteroatoms. The Bertz CT molecular complexity index is 442. The zero-order valence-electron chi connectivity index (χ0n) is 9.39. The average molecular weight is 233 g/mol. The van der Waals surface area contributed by atoms with E-state index in [1.165, 1.54) is 5.56 Å². The average Bonchev–Trinajstić information content (AvgIpc) is 2.69. The van der Waals surface area contributed by atoms with E-state index in [2.05, 4.69) is 5.43 Å². The maximum Gasteiger partial charge on any atom is 0.336 e. The molecule has 0 aromatic heterocycles. The van der Waals surface area contributed by atoms with E-state index in [0.29, 0.717) is 12.4 Å². The molecule has 1 aromatic rings. The molecule has 0 aliphatic carbocycles. The molecule has 0 saturated heterocycles. The van der Waals surface area contributed by atoms with Crippen LogP contribution in [0.15, 0.2) is 41.7 Å². The van der Waals surface area contributed by atoms with Crippen molar-refractivity contribution in [1.29, 1.82) is 0 Å². The minimum atomic E-state index is -0.961. The molecular weight excluding hydrogens is 218 g/mol. The van der Waals surface area contributed by atoms with Crippen molar-refractivity contribution < 1.29 is 9.90 Å². The van der Waals surface area contributed by atoms with Gasteiger partial charge in [0.25, 0.3) is 0 Å². The highest BCUT2D eigenvalue weighted by molar-refractivity contribution is 5.88. The lowest BCUT2D eigenvalue weighted by Crippen LogP contribution is -2.36. The minimum absolute atomic E-state index is 0.234. The number of nitrogens with zero attached hydrogens (tertiary/aromatic N) is 1. The van der Waals surface area contributed by atoms with Gasteiger partial charge in [-0.25, -0.2) is 10.2 Å². The normalized spacial score (nSPS) is 15.4. The lowest BCUT2D eigenvalue weighted by molar-refractivity contribution is -0.132. The van der Waals surface area contributed by atoms with Gasteiger partial charge in [0.15, 0.2) is 0 Å². The Morgan fingerprint density at radius 3 is 2.71 bits per heavy atom. The molecule has 0 bridgehead atoms. The fourth-order valence-corrected chi connectivity index (χ4v) is 1.78. The van der Waals surface area contributed by atoms with Crippen LogP contribution in [0, 0.1) is 0 Å². The Hall–Kier alpha value is -2.01. The largest absolute Gasteiger partial charge is 0.478 e. The Morgan fingerprint density at radius 1 is 1.41 bits per heavy atom. The second-order valence-corrected chi connectivity index (χ2v) is 3.89. The van der Waals surface area contributed by atoms with Gasteiger partial charge in [-0.2, -0.15) is 0 Å². The molecule has 0 unspecified atom stereocenters. The first-order valence-corrected chi connectivity index (χ1v) is 5.45. The molecule has 0 saturated carbocycles. The van der Waals surface area contributed by atoms with E-state index < -0.39 is 5.97 Å². The second kappa shape index (κ2) is 4.88. The van der Waals surface area contributed by atoms with Gasteiger partial charge in [0.05, 0.1) is 12.1 Å². The molecule has 0 fully saturated rings. The standard InChI is InChI=1S/C12H15N3O2/c13-11-10(12(16)17)8-14-15(11)7-6-9-4-2-1-3-5-9/h1-5,14H,6-8,13H2,(H,16,17). The van der Waals surface area contributed by atoms with E-state index in [1.54, 1.807) is 5.01 Å². The number of nitrogens with one attached hydrogen (secondary N) is 1. The summed E-state index contributed by atoms with van der Waals surface area (Å²) in [7, 11) is 0. The van der Waals surface area contributed by atoms with Crippen LogP contribution in [0.2, 0.25) is 0 Å². The molecule has 0 spiro atoms. The van der Waals surface area contributed by atoms with Crippen LogP contribution in [-0.2, 0) is 11.2 Å². The Balaban J connectivity index is 1.96. The summed E-state index contributed by atoms with van der Waals surface area (Å²) in [4.78, 5) is 10.8. The zero-order valence-corrected chi connectivity index (χ0v) is 9.39. The predicted molar refractivity (Wildman–Crippen MR) is 63.7 cm³/mol. The second-order valence-electron chi connectivity index (χ2n) is 3.89. The van der Waals surface area contributed by atoms with Gasteiger partial charge < -0.3 is 10.8 Å². The molecule has 17 heavy (non-hydrogen) atoms. The fraction of sp³-hybridized carbons (Fsp3) is 0.250. The van der Waals surface area contributed by atoms with Crippen molar-refractivity contribution in [3.63, 3.8) is 0 Å². The smallest absolute Gasteiger partial charge is 0.336 e. The molecule has 2 rings (SSSR count). The van der Waals surface area contributed by atoms with Crippen molar-refractivity contribution in [1.82, 2.24) is 10.4 Å². The number of benzene rings is 1. The molecule has 90 valence electrons. The van der Waals surface area contributed by atoms with Crippen LogP contribution in [0.5, 0.6) is 0 Å². The number of aliphatic carboxylic acids is 1. The number of hydrogen-bond donors (Lipinski definition) is 3. The summed E-state index contributed by atoms with van der Waals surface area (Å²) in [6.45, 7) is 0.947. The number of carboxylic acid groups (broad SMARTS) is 1. The molecule has 4 N–H and O–H groups in total. The van der Waals surface area contributed by atoms with Gasteiger partial charge in [-0.1, -0.05) is 30.3 Å². The van der Waals surface area contributed by atoms with Gasteiger partial charge in [0.1, 0.15) is 5.82 Å². The van der Waals surface area contributed by atoms with Crippen molar-refractivity contribution in [3.8, 4) is 0 Å². The SMILES string of the molecule is NC1=C(C(=O)O)CNN1CCc1ccccc1. The Morgan fingerprint density at radius 2 is 2.12 bits per heavy atom. The van der Waals surface area contributed by atoms with Crippen LogP contribution in [0.4, 0.5) is 0 Å². The quantitative estimate of drug-likeness (QED) is 0.697. The van der Waals surface area contributed by atoms with E-state index in [-0.39, 0.29) is 12.1 Å². The van der Waals surface area contributed by atoms with Gasteiger partial charge in [-0.15, -0.1) is 0 Å². The molecule has 1 aliphatic heterocycles. The van der Waals surface area contributed by atoms with Crippen LogP contribution in [0.3, 0.4) is 0 Å². The van der Waals surface area contributed by atoms with E-state index >= 15 is 0 Å². The number of carbonyl (C=O) groups is 1. The molecular formula is C12H15N3O2. The van der Waals surface area contributed by atoms with Crippen molar-refractivity contribution in [3.05, 3.63) is 47.3 Å². The van der Waals surface area contributed by atoms with Crippen molar-refractivity contribution in [2.45, 2.75) is 6.42 Å². The number of hydrazine groups is 1. The van der Waals surface area contributed by atoms with Crippen LogP contribution in [-0.4, -0.2) is 29.2 Å². The summed E-state index contributed by atoms with van der Waals surface area (Å²) in [6, 6.07) is 10.00. The molecule has 1 aliphatic rings. The highest BCUT2D eigenvalue weighted by atomic mass is 16.4. The fourth-order valence-electron chi connectivity index (χ4n) is 1.78. The van der Waals surface area contributed by atoms with Gasteiger partial charge in [-0.05, 0) is 12.0 Å². The summed E-state index contributed by atoms with van der Waals surface area (Å²) in [5, 5.41) is 10.6. The summed E-state index contributed by atoms with van der Waals surface area (Å²) in [6.07, 6.45) is 0.821. The van der Waals surface area contributed by atoms with Crippen LogP contribution < -0.4 is 11.2 Å². The highest BCUT2D eigenvalue weighted by Crippen LogP contribution is 2.11. The first kappa shape index (κ1) is 11.5. The summed E-state index contributed by atoms with van der Waals surface area (Å²) < 4.78 is 0. The molecule has 0 radical (unpaired) electrons. The van der Waals surface area contributed by atoms with Crippen LogP contribution in [0.1, 0.15) is 5.56 Å².